The van der Waals surface area contributed by atoms with E-state index >= 15 is 0 Å². The van der Waals surface area contributed by atoms with Gasteiger partial charge in [-0.05, 0) is 12.8 Å². The van der Waals surface area contributed by atoms with Crippen molar-refractivity contribution in [2.24, 2.45) is 11.5 Å². The van der Waals surface area contributed by atoms with E-state index in [4.69, 9.17) is 16.6 Å². The van der Waals surface area contributed by atoms with Gasteiger partial charge in [0.1, 0.15) is 18.6 Å². The van der Waals surface area contributed by atoms with Crippen molar-refractivity contribution in [2.75, 3.05) is 19.6 Å². The van der Waals surface area contributed by atoms with Crippen LogP contribution in [-0.4, -0.2) is 71.3 Å². The molecule has 134 valence electrons. The number of carbonyl (C=O) groups is 5. The normalized spacial score (nSPS) is 17.9. The van der Waals surface area contributed by atoms with Gasteiger partial charge in [-0.1, -0.05) is 0 Å². The Morgan fingerprint density at radius 3 is 2.46 bits per heavy atom. The van der Waals surface area contributed by atoms with Gasteiger partial charge in [0, 0.05) is 6.54 Å². The van der Waals surface area contributed by atoms with Crippen molar-refractivity contribution >= 4 is 29.6 Å². The number of rotatable bonds is 8. The van der Waals surface area contributed by atoms with Crippen molar-refractivity contribution in [3.8, 4) is 0 Å². The molecule has 0 saturated carbocycles. The van der Waals surface area contributed by atoms with Crippen LogP contribution in [0.1, 0.15) is 19.3 Å². The summed E-state index contributed by atoms with van der Waals surface area (Å²) in [6.07, 6.45) is 0.516. The molecular weight excluding hydrogens is 322 g/mol. The van der Waals surface area contributed by atoms with Gasteiger partial charge in [0.2, 0.25) is 23.6 Å². The lowest BCUT2D eigenvalue weighted by Crippen LogP contribution is -2.55. The third-order valence-electron chi connectivity index (χ3n) is 3.50. The molecule has 24 heavy (non-hydrogen) atoms. The summed E-state index contributed by atoms with van der Waals surface area (Å²) >= 11 is 0. The molecule has 1 aliphatic heterocycles. The Morgan fingerprint density at radius 2 is 1.92 bits per heavy atom. The summed E-state index contributed by atoms with van der Waals surface area (Å²) in [5.41, 5.74) is 10.3. The largest absolute Gasteiger partial charge is 0.480 e. The van der Waals surface area contributed by atoms with E-state index in [1.165, 1.54) is 4.90 Å². The molecule has 11 nitrogen and oxygen atoms in total. The lowest BCUT2D eigenvalue weighted by atomic mass is 10.1. The summed E-state index contributed by atoms with van der Waals surface area (Å²) < 4.78 is 0. The monoisotopic (exact) mass is 343 g/mol. The Kier molecular flexibility index (Phi) is 7.11. The molecule has 0 bridgehead atoms. The summed E-state index contributed by atoms with van der Waals surface area (Å²) in [5.74, 6) is -3.98. The van der Waals surface area contributed by atoms with Crippen molar-refractivity contribution in [3.63, 3.8) is 0 Å². The topological polar surface area (TPSA) is 185 Å². The van der Waals surface area contributed by atoms with Gasteiger partial charge in [0.15, 0.2) is 0 Å². The molecule has 7 N–H and O–H groups in total. The van der Waals surface area contributed by atoms with Crippen LogP contribution in [0.4, 0.5) is 0 Å². The van der Waals surface area contributed by atoms with Crippen molar-refractivity contribution in [1.82, 2.24) is 15.5 Å². The number of carboxylic acid groups (broad SMARTS) is 1. The molecule has 1 aliphatic rings. The predicted molar refractivity (Wildman–Crippen MR) is 80.2 cm³/mol. The molecule has 0 aromatic heterocycles. The molecule has 0 radical (unpaired) electrons. The average Bonchev–Trinajstić information content (AvgIpc) is 3.00. The smallest absolute Gasteiger partial charge is 0.322 e. The minimum atomic E-state index is -1.32. The third kappa shape index (κ3) is 5.50. The molecule has 11 heteroatoms. The highest BCUT2D eigenvalue weighted by Gasteiger charge is 2.35. The number of likely N-dealkylation sites (tertiary alicyclic amines) is 1. The number of nitrogens with one attached hydrogen (secondary N) is 2. The molecule has 0 aromatic carbocycles. The Balaban J connectivity index is 2.75. The number of carboxylic acids is 1. The zero-order valence-corrected chi connectivity index (χ0v) is 13.0. The SMILES string of the molecule is NCC(=O)N1CCCC1C(=O)NC(CC(N)=O)C(=O)NCC(=O)O. The van der Waals surface area contributed by atoms with E-state index < -0.39 is 54.6 Å². The van der Waals surface area contributed by atoms with E-state index in [1.807, 2.05) is 0 Å². The molecular formula is C13H21N5O6. The number of hydrogen-bond donors (Lipinski definition) is 5. The van der Waals surface area contributed by atoms with Crippen LogP contribution >= 0.6 is 0 Å². The van der Waals surface area contributed by atoms with Crippen LogP contribution in [0.2, 0.25) is 0 Å². The van der Waals surface area contributed by atoms with Gasteiger partial charge < -0.3 is 32.1 Å². The van der Waals surface area contributed by atoms with E-state index in [-0.39, 0.29) is 6.54 Å². The van der Waals surface area contributed by atoms with Gasteiger partial charge in [-0.25, -0.2) is 0 Å². The summed E-state index contributed by atoms with van der Waals surface area (Å²) in [6.45, 7) is -0.529. The fraction of sp³-hybridized carbons (Fsp3) is 0.615. The first-order chi connectivity index (χ1) is 11.3. The number of nitrogens with two attached hydrogens (primary N) is 2. The molecule has 0 spiro atoms. The molecule has 1 heterocycles. The zero-order valence-electron chi connectivity index (χ0n) is 13.0. The second-order valence-electron chi connectivity index (χ2n) is 5.29. The summed E-state index contributed by atoms with van der Waals surface area (Å²) in [5, 5.41) is 13.0. The average molecular weight is 343 g/mol. The molecule has 0 aliphatic carbocycles. The number of nitrogens with zero attached hydrogens (tertiary/aromatic N) is 1. The quantitative estimate of drug-likeness (QED) is 0.302. The summed E-state index contributed by atoms with van der Waals surface area (Å²) in [6, 6.07) is -2.10. The Morgan fingerprint density at radius 1 is 1.25 bits per heavy atom. The third-order valence-corrected chi connectivity index (χ3v) is 3.50. The highest BCUT2D eigenvalue weighted by molar-refractivity contribution is 5.95. The molecule has 4 amide bonds. The van der Waals surface area contributed by atoms with Crippen LogP contribution in [0.3, 0.4) is 0 Å². The molecule has 1 saturated heterocycles. The first-order valence-electron chi connectivity index (χ1n) is 7.34. The van der Waals surface area contributed by atoms with Crippen molar-refractivity contribution in [1.29, 1.82) is 0 Å². The number of primary amides is 1. The standard InChI is InChI=1S/C13H21N5O6/c14-5-10(20)18-3-1-2-8(18)13(24)17-7(4-9(15)19)12(23)16-6-11(21)22/h7-8H,1-6,14H2,(H2,15,19)(H,16,23)(H,17,24)(H,21,22). The van der Waals surface area contributed by atoms with Gasteiger partial charge in [0.25, 0.3) is 0 Å². The molecule has 1 fully saturated rings. The number of amides is 4. The lowest BCUT2D eigenvalue weighted by molar-refractivity contribution is -0.140. The number of carbonyl (C=O) groups excluding carboxylic acids is 4. The molecule has 2 unspecified atom stereocenters. The fourth-order valence-corrected chi connectivity index (χ4v) is 2.42. The van der Waals surface area contributed by atoms with Crippen molar-refractivity contribution < 1.29 is 29.1 Å². The first-order valence-corrected chi connectivity index (χ1v) is 7.34. The van der Waals surface area contributed by atoms with Crippen LogP contribution in [-0.2, 0) is 24.0 Å². The molecule has 0 aromatic rings. The van der Waals surface area contributed by atoms with Gasteiger partial charge in [-0.15, -0.1) is 0 Å². The van der Waals surface area contributed by atoms with Gasteiger partial charge in [-0.2, -0.15) is 0 Å². The van der Waals surface area contributed by atoms with Crippen LogP contribution in [0.5, 0.6) is 0 Å². The van der Waals surface area contributed by atoms with Crippen LogP contribution in [0.25, 0.3) is 0 Å². The first kappa shape index (κ1) is 19.4. The summed E-state index contributed by atoms with van der Waals surface area (Å²) in [4.78, 5) is 58.8. The summed E-state index contributed by atoms with van der Waals surface area (Å²) in [7, 11) is 0. The second kappa shape index (κ2) is 8.82. The van der Waals surface area contributed by atoms with Crippen LogP contribution in [0, 0.1) is 0 Å². The maximum atomic E-state index is 12.3. The second-order valence-corrected chi connectivity index (χ2v) is 5.29. The van der Waals surface area contributed by atoms with E-state index in [9.17, 15) is 24.0 Å². The number of hydrogen-bond acceptors (Lipinski definition) is 6. The van der Waals surface area contributed by atoms with Gasteiger partial charge >= 0.3 is 5.97 Å². The Hall–Kier alpha value is -2.69. The van der Waals surface area contributed by atoms with E-state index in [1.54, 1.807) is 0 Å². The Labute approximate surface area is 137 Å². The Bertz CT molecular complexity index is 537. The van der Waals surface area contributed by atoms with Crippen LogP contribution in [0.15, 0.2) is 0 Å². The van der Waals surface area contributed by atoms with Gasteiger partial charge in [0.05, 0.1) is 13.0 Å². The molecule has 1 rings (SSSR count). The number of aliphatic carboxylic acids is 1. The van der Waals surface area contributed by atoms with Crippen molar-refractivity contribution in [2.45, 2.75) is 31.3 Å². The molecule has 2 atom stereocenters. The minimum Gasteiger partial charge on any atom is -0.480 e. The fourth-order valence-electron chi connectivity index (χ4n) is 2.42. The van der Waals surface area contributed by atoms with Crippen LogP contribution < -0.4 is 22.1 Å². The van der Waals surface area contributed by atoms with E-state index in [2.05, 4.69) is 10.6 Å². The predicted octanol–water partition coefficient (Wildman–Crippen LogP) is -3.50. The maximum absolute atomic E-state index is 12.3. The van der Waals surface area contributed by atoms with E-state index in [0.29, 0.717) is 19.4 Å². The lowest BCUT2D eigenvalue weighted by Gasteiger charge is -2.25. The minimum absolute atomic E-state index is 0.242. The van der Waals surface area contributed by atoms with Gasteiger partial charge in [-0.3, -0.25) is 24.0 Å². The zero-order chi connectivity index (χ0) is 18.3. The highest BCUT2D eigenvalue weighted by atomic mass is 16.4. The van der Waals surface area contributed by atoms with Crippen molar-refractivity contribution in [3.05, 3.63) is 0 Å². The maximum Gasteiger partial charge on any atom is 0.322 e. The van der Waals surface area contributed by atoms with E-state index in [0.717, 1.165) is 0 Å². The highest BCUT2D eigenvalue weighted by Crippen LogP contribution is 2.17.